The second-order valence-corrected chi connectivity index (χ2v) is 6.23. The maximum Gasteiger partial charge on any atom is 0.223 e. The van der Waals surface area contributed by atoms with E-state index in [9.17, 15) is 4.79 Å². The minimum Gasteiger partial charge on any atom is -0.351 e. The fourth-order valence-corrected chi connectivity index (χ4v) is 3.19. The molecule has 2 rings (SSSR count). The Morgan fingerprint density at radius 1 is 1.50 bits per heavy atom. The highest BCUT2D eigenvalue weighted by atomic mass is 35.5. The lowest BCUT2D eigenvalue weighted by Gasteiger charge is -2.25. The largest absolute Gasteiger partial charge is 0.351 e. The molecule has 5 heteroatoms. The minimum absolute atomic E-state index is 0. The van der Waals surface area contributed by atoms with Crippen LogP contribution in [0, 0.1) is 12.8 Å². The molecule has 3 N–H and O–H groups in total. The summed E-state index contributed by atoms with van der Waals surface area (Å²) in [6.45, 7) is 2.74. The summed E-state index contributed by atoms with van der Waals surface area (Å²) in [5.74, 6) is 0.297. The summed E-state index contributed by atoms with van der Waals surface area (Å²) in [6, 6.07) is 4.37. The Kier molecular flexibility index (Phi) is 6.12. The topological polar surface area (TPSA) is 55.1 Å². The molecule has 0 aromatic carbocycles. The summed E-state index contributed by atoms with van der Waals surface area (Å²) in [5.41, 5.74) is 5.90. The average molecular weight is 289 g/mol. The Morgan fingerprint density at radius 2 is 2.28 bits per heavy atom. The van der Waals surface area contributed by atoms with Gasteiger partial charge in [0.05, 0.1) is 6.54 Å². The summed E-state index contributed by atoms with van der Waals surface area (Å²) >= 11 is 1.74. The molecule has 3 nitrogen and oxygen atoms in total. The molecular weight excluding hydrogens is 268 g/mol. The van der Waals surface area contributed by atoms with Crippen molar-refractivity contribution in [3.63, 3.8) is 0 Å². The van der Waals surface area contributed by atoms with E-state index in [1.165, 1.54) is 9.75 Å². The molecule has 0 aliphatic heterocycles. The maximum atomic E-state index is 12.0. The lowest BCUT2D eigenvalue weighted by Crippen LogP contribution is -2.37. The van der Waals surface area contributed by atoms with Gasteiger partial charge in [-0.2, -0.15) is 0 Å². The van der Waals surface area contributed by atoms with Gasteiger partial charge in [0.1, 0.15) is 0 Å². The van der Waals surface area contributed by atoms with Crippen LogP contribution in [0.25, 0.3) is 0 Å². The number of carbonyl (C=O) groups excluding carboxylic acids is 1. The number of halogens is 1. The van der Waals surface area contributed by atoms with Crippen LogP contribution in [0.3, 0.4) is 0 Å². The normalized spacial score (nSPS) is 23.2. The number of hydrogen-bond donors (Lipinski definition) is 2. The monoisotopic (exact) mass is 288 g/mol. The first kappa shape index (κ1) is 15.5. The van der Waals surface area contributed by atoms with Gasteiger partial charge < -0.3 is 11.1 Å². The molecule has 1 aliphatic rings. The smallest absolute Gasteiger partial charge is 0.223 e. The molecule has 0 radical (unpaired) electrons. The Hall–Kier alpha value is -0.580. The molecule has 1 saturated carbocycles. The van der Waals surface area contributed by atoms with E-state index < -0.39 is 0 Å². The molecule has 18 heavy (non-hydrogen) atoms. The van der Waals surface area contributed by atoms with Crippen molar-refractivity contribution in [2.45, 2.75) is 45.2 Å². The summed E-state index contributed by atoms with van der Waals surface area (Å²) < 4.78 is 0. The Balaban J connectivity index is 0.00000162. The van der Waals surface area contributed by atoms with Gasteiger partial charge in [-0.1, -0.05) is 6.42 Å². The second-order valence-electron chi connectivity index (χ2n) is 4.85. The van der Waals surface area contributed by atoms with Crippen LogP contribution in [-0.2, 0) is 11.3 Å². The van der Waals surface area contributed by atoms with Crippen molar-refractivity contribution in [2.75, 3.05) is 0 Å². The first-order valence-corrected chi connectivity index (χ1v) is 7.05. The Labute approximate surface area is 119 Å². The number of carbonyl (C=O) groups is 1. The maximum absolute atomic E-state index is 12.0. The minimum atomic E-state index is 0. The molecule has 102 valence electrons. The highest BCUT2D eigenvalue weighted by molar-refractivity contribution is 7.11. The molecule has 0 spiro atoms. The van der Waals surface area contributed by atoms with Crippen molar-refractivity contribution >= 4 is 29.7 Å². The van der Waals surface area contributed by atoms with E-state index in [0.717, 1.165) is 25.7 Å². The predicted octanol–water partition coefficient (Wildman–Crippen LogP) is 2.61. The highest BCUT2D eigenvalue weighted by Crippen LogP contribution is 2.23. The zero-order chi connectivity index (χ0) is 12.3. The fourth-order valence-electron chi connectivity index (χ4n) is 2.36. The molecular formula is C13H21ClN2OS. The van der Waals surface area contributed by atoms with E-state index in [-0.39, 0.29) is 30.3 Å². The molecule has 2 atom stereocenters. The molecule has 1 amide bonds. The van der Waals surface area contributed by atoms with Crippen LogP contribution in [0.4, 0.5) is 0 Å². The van der Waals surface area contributed by atoms with Crippen molar-refractivity contribution in [1.82, 2.24) is 5.32 Å². The number of amides is 1. The van der Waals surface area contributed by atoms with Crippen molar-refractivity contribution in [2.24, 2.45) is 11.7 Å². The molecule has 0 bridgehead atoms. The van der Waals surface area contributed by atoms with Crippen LogP contribution in [0.2, 0.25) is 0 Å². The van der Waals surface area contributed by atoms with Gasteiger partial charge in [-0.05, 0) is 38.3 Å². The van der Waals surface area contributed by atoms with E-state index >= 15 is 0 Å². The average Bonchev–Trinajstić information content (AvgIpc) is 2.72. The van der Waals surface area contributed by atoms with Gasteiger partial charge in [0.25, 0.3) is 0 Å². The lowest BCUT2D eigenvalue weighted by molar-refractivity contribution is -0.126. The van der Waals surface area contributed by atoms with Crippen molar-refractivity contribution in [1.29, 1.82) is 0 Å². The number of aryl methyl sites for hydroxylation is 1. The predicted molar refractivity (Wildman–Crippen MR) is 78.1 cm³/mol. The number of nitrogens with two attached hydrogens (primary N) is 1. The first-order chi connectivity index (χ1) is 8.15. The van der Waals surface area contributed by atoms with Crippen molar-refractivity contribution in [3.05, 3.63) is 21.9 Å². The number of thiophene rings is 1. The lowest BCUT2D eigenvalue weighted by atomic mass is 9.85. The fraction of sp³-hybridized carbons (Fsp3) is 0.615. The number of hydrogen-bond acceptors (Lipinski definition) is 3. The van der Waals surface area contributed by atoms with E-state index in [1.807, 2.05) is 0 Å². The van der Waals surface area contributed by atoms with Crippen LogP contribution in [-0.4, -0.2) is 11.9 Å². The summed E-state index contributed by atoms with van der Waals surface area (Å²) in [7, 11) is 0. The summed E-state index contributed by atoms with van der Waals surface area (Å²) in [5, 5.41) is 3.02. The third-order valence-electron chi connectivity index (χ3n) is 3.32. The number of rotatable bonds is 3. The molecule has 1 aliphatic carbocycles. The quantitative estimate of drug-likeness (QED) is 0.898. The zero-order valence-corrected chi connectivity index (χ0v) is 12.3. The van der Waals surface area contributed by atoms with Crippen molar-refractivity contribution in [3.8, 4) is 0 Å². The van der Waals surface area contributed by atoms with E-state index in [2.05, 4.69) is 24.4 Å². The molecule has 1 aromatic rings. The van der Waals surface area contributed by atoms with Gasteiger partial charge in [0.2, 0.25) is 5.91 Å². The third-order valence-corrected chi connectivity index (χ3v) is 4.32. The SMILES string of the molecule is Cc1ccc(CNC(=O)C2CCCC(N)C2)s1.Cl. The van der Waals surface area contributed by atoms with Crippen LogP contribution in [0.5, 0.6) is 0 Å². The van der Waals surface area contributed by atoms with Crippen LogP contribution < -0.4 is 11.1 Å². The highest BCUT2D eigenvalue weighted by Gasteiger charge is 2.24. The van der Waals surface area contributed by atoms with Gasteiger partial charge in [-0.3, -0.25) is 4.79 Å². The molecule has 0 saturated heterocycles. The third kappa shape index (κ3) is 4.26. The Morgan fingerprint density at radius 3 is 2.89 bits per heavy atom. The van der Waals surface area contributed by atoms with Gasteiger partial charge in [0.15, 0.2) is 0 Å². The Bertz CT molecular complexity index is 394. The van der Waals surface area contributed by atoms with Gasteiger partial charge in [-0.25, -0.2) is 0 Å². The van der Waals surface area contributed by atoms with E-state index in [0.29, 0.717) is 6.54 Å². The van der Waals surface area contributed by atoms with E-state index in [1.54, 1.807) is 11.3 Å². The standard InChI is InChI=1S/C13H20N2OS.ClH/c1-9-5-6-12(17-9)8-15-13(16)10-3-2-4-11(14)7-10;/h5-6,10-11H,2-4,7-8,14H2,1H3,(H,15,16);1H. The first-order valence-electron chi connectivity index (χ1n) is 6.24. The second kappa shape index (κ2) is 7.12. The molecule has 1 aromatic heterocycles. The molecule has 2 unspecified atom stereocenters. The van der Waals surface area contributed by atoms with Gasteiger partial charge >= 0.3 is 0 Å². The zero-order valence-electron chi connectivity index (χ0n) is 10.6. The summed E-state index contributed by atoms with van der Waals surface area (Å²) in [4.78, 5) is 14.5. The van der Waals surface area contributed by atoms with Gasteiger partial charge in [-0.15, -0.1) is 23.7 Å². The van der Waals surface area contributed by atoms with Crippen LogP contribution >= 0.6 is 23.7 Å². The van der Waals surface area contributed by atoms with Gasteiger partial charge in [0, 0.05) is 21.7 Å². The number of nitrogens with one attached hydrogen (secondary N) is 1. The molecule has 1 heterocycles. The van der Waals surface area contributed by atoms with Crippen molar-refractivity contribution < 1.29 is 4.79 Å². The van der Waals surface area contributed by atoms with Crippen LogP contribution in [0.15, 0.2) is 12.1 Å². The summed E-state index contributed by atoms with van der Waals surface area (Å²) in [6.07, 6.45) is 3.98. The van der Waals surface area contributed by atoms with E-state index in [4.69, 9.17) is 5.73 Å². The van der Waals surface area contributed by atoms with Crippen LogP contribution in [0.1, 0.15) is 35.4 Å². The molecule has 1 fully saturated rings.